The number of hydrogen-bond acceptors (Lipinski definition) is 1. The predicted octanol–water partition coefficient (Wildman–Crippen LogP) is 3.43. The Morgan fingerprint density at radius 3 is 2.53 bits per heavy atom. The van der Waals surface area contributed by atoms with E-state index in [4.69, 9.17) is 11.6 Å². The van der Waals surface area contributed by atoms with Gasteiger partial charge in [-0.1, -0.05) is 44.5 Å². The molecule has 1 nitrogen and oxygen atoms in total. The van der Waals surface area contributed by atoms with Crippen LogP contribution in [0.3, 0.4) is 0 Å². The third kappa shape index (κ3) is 3.18. The minimum atomic E-state index is -0.578. The molecule has 0 spiro atoms. The van der Waals surface area contributed by atoms with Crippen molar-refractivity contribution in [3.05, 3.63) is 34.6 Å². The van der Waals surface area contributed by atoms with Crippen molar-refractivity contribution in [2.45, 2.75) is 33.3 Å². The molecule has 1 aromatic carbocycles. The molecule has 0 aliphatic heterocycles. The third-order valence-corrected chi connectivity index (χ3v) is 2.74. The van der Waals surface area contributed by atoms with Gasteiger partial charge in [-0.2, -0.15) is 0 Å². The summed E-state index contributed by atoms with van der Waals surface area (Å²) in [6.45, 7) is 5.75. The first-order chi connectivity index (χ1) is 6.82. The highest BCUT2D eigenvalue weighted by Gasteiger charge is 2.23. The summed E-state index contributed by atoms with van der Waals surface area (Å²) in [6.07, 6.45) is -0.291. The Morgan fingerprint density at radius 1 is 1.40 bits per heavy atom. The first-order valence-electron chi connectivity index (χ1n) is 4.93. The van der Waals surface area contributed by atoms with E-state index in [9.17, 15) is 9.50 Å². The Bertz CT molecular complexity index is 344. The molecule has 0 radical (unpaired) electrons. The highest BCUT2D eigenvalue weighted by atomic mass is 35.5. The Hall–Kier alpha value is -0.600. The van der Waals surface area contributed by atoms with Crippen LogP contribution in [0.15, 0.2) is 18.2 Å². The Balaban J connectivity index is 2.86. The van der Waals surface area contributed by atoms with Crippen LogP contribution in [0.25, 0.3) is 0 Å². The minimum Gasteiger partial charge on any atom is -0.392 e. The van der Waals surface area contributed by atoms with Gasteiger partial charge in [-0.3, -0.25) is 0 Å². The smallest absolute Gasteiger partial charge is 0.145 e. The fourth-order valence-electron chi connectivity index (χ4n) is 1.22. The zero-order chi connectivity index (χ0) is 11.6. The quantitative estimate of drug-likeness (QED) is 0.826. The van der Waals surface area contributed by atoms with Gasteiger partial charge in [-0.15, -0.1) is 0 Å². The molecule has 0 amide bonds. The van der Waals surface area contributed by atoms with E-state index in [1.165, 1.54) is 6.07 Å². The van der Waals surface area contributed by atoms with Crippen LogP contribution in [0.4, 0.5) is 4.39 Å². The number of aliphatic hydroxyl groups excluding tert-OH is 1. The van der Waals surface area contributed by atoms with E-state index < -0.39 is 11.9 Å². The van der Waals surface area contributed by atoms with Crippen molar-refractivity contribution in [1.82, 2.24) is 0 Å². The molecule has 0 heterocycles. The lowest BCUT2D eigenvalue weighted by Gasteiger charge is -2.26. The van der Waals surface area contributed by atoms with E-state index in [1.54, 1.807) is 12.1 Å². The van der Waals surface area contributed by atoms with Crippen LogP contribution in [-0.4, -0.2) is 11.2 Å². The largest absolute Gasteiger partial charge is 0.392 e. The van der Waals surface area contributed by atoms with Gasteiger partial charge in [0.2, 0.25) is 0 Å². The predicted molar refractivity (Wildman–Crippen MR) is 60.6 cm³/mol. The number of aliphatic hydroxyl groups is 1. The summed E-state index contributed by atoms with van der Waals surface area (Å²) in [5.41, 5.74) is 0.208. The summed E-state index contributed by atoms with van der Waals surface area (Å²) < 4.78 is 13.5. The summed E-state index contributed by atoms with van der Waals surface area (Å²) in [5.74, 6) is -0.428. The van der Waals surface area contributed by atoms with Crippen molar-refractivity contribution >= 4 is 11.6 Å². The van der Waals surface area contributed by atoms with Crippen molar-refractivity contribution in [1.29, 1.82) is 0 Å². The van der Waals surface area contributed by atoms with Crippen molar-refractivity contribution in [2.24, 2.45) is 5.41 Å². The number of benzene rings is 1. The average Bonchev–Trinajstić information content (AvgIpc) is 2.11. The summed E-state index contributed by atoms with van der Waals surface area (Å²) in [7, 11) is 0. The molecule has 1 rings (SSSR count). The Labute approximate surface area is 94.9 Å². The molecular weight excluding hydrogens is 215 g/mol. The number of halogens is 2. The highest BCUT2D eigenvalue weighted by molar-refractivity contribution is 6.30. The second-order valence-electron chi connectivity index (χ2n) is 4.80. The first kappa shape index (κ1) is 12.5. The first-order valence-corrected chi connectivity index (χ1v) is 5.31. The van der Waals surface area contributed by atoms with Gasteiger partial charge in [-0.05, 0) is 17.0 Å². The summed E-state index contributed by atoms with van der Waals surface area (Å²) in [6, 6.07) is 4.84. The van der Waals surface area contributed by atoms with Gasteiger partial charge in [0.05, 0.1) is 11.1 Å². The molecule has 0 aliphatic carbocycles. The molecule has 0 aromatic heterocycles. The van der Waals surface area contributed by atoms with Crippen molar-refractivity contribution < 1.29 is 9.50 Å². The lowest BCUT2D eigenvalue weighted by Crippen LogP contribution is -2.28. The fourth-order valence-corrected chi connectivity index (χ4v) is 1.41. The third-order valence-electron chi connectivity index (χ3n) is 2.44. The van der Waals surface area contributed by atoms with Crippen LogP contribution < -0.4 is 0 Å². The lowest BCUT2D eigenvalue weighted by atomic mass is 9.85. The van der Waals surface area contributed by atoms with Crippen LogP contribution in [0, 0.1) is 11.2 Å². The molecule has 84 valence electrons. The second-order valence-corrected chi connectivity index (χ2v) is 5.21. The summed E-state index contributed by atoms with van der Waals surface area (Å²) >= 11 is 5.65. The second kappa shape index (κ2) is 4.50. The molecule has 1 unspecified atom stereocenters. The monoisotopic (exact) mass is 230 g/mol. The number of hydrogen-bond donors (Lipinski definition) is 1. The SMILES string of the molecule is CC(C)(C)C(O)Cc1cccc(Cl)c1F. The van der Waals surface area contributed by atoms with E-state index in [0.717, 1.165) is 0 Å². The van der Waals surface area contributed by atoms with Gasteiger partial charge in [0.25, 0.3) is 0 Å². The number of rotatable bonds is 2. The van der Waals surface area contributed by atoms with E-state index >= 15 is 0 Å². The van der Waals surface area contributed by atoms with Crippen molar-refractivity contribution in [3.63, 3.8) is 0 Å². The zero-order valence-corrected chi connectivity index (χ0v) is 9.98. The van der Waals surface area contributed by atoms with E-state index in [1.807, 2.05) is 20.8 Å². The fraction of sp³-hybridized carbons (Fsp3) is 0.500. The maximum absolute atomic E-state index is 13.5. The molecule has 3 heteroatoms. The maximum Gasteiger partial charge on any atom is 0.145 e. The zero-order valence-electron chi connectivity index (χ0n) is 9.22. The van der Waals surface area contributed by atoms with Crippen LogP contribution in [0.5, 0.6) is 0 Å². The molecule has 1 aromatic rings. The topological polar surface area (TPSA) is 20.2 Å². The summed E-state index contributed by atoms with van der Waals surface area (Å²) in [4.78, 5) is 0. The van der Waals surface area contributed by atoms with Crippen LogP contribution in [0.2, 0.25) is 5.02 Å². The Morgan fingerprint density at radius 2 is 2.00 bits per heavy atom. The van der Waals surface area contributed by atoms with E-state index in [2.05, 4.69) is 0 Å². The molecule has 0 bridgehead atoms. The van der Waals surface area contributed by atoms with Crippen LogP contribution >= 0.6 is 11.6 Å². The minimum absolute atomic E-state index is 0.105. The van der Waals surface area contributed by atoms with Gasteiger partial charge in [0, 0.05) is 6.42 Å². The molecule has 1 N–H and O–H groups in total. The maximum atomic E-state index is 13.5. The highest BCUT2D eigenvalue weighted by Crippen LogP contribution is 2.25. The normalized spacial score (nSPS) is 14.0. The van der Waals surface area contributed by atoms with E-state index in [-0.39, 0.29) is 16.9 Å². The average molecular weight is 231 g/mol. The Kier molecular flexibility index (Phi) is 3.74. The molecule has 0 saturated carbocycles. The standard InChI is InChI=1S/C12H16ClFO/c1-12(2,3)10(15)7-8-5-4-6-9(13)11(8)14/h4-6,10,15H,7H2,1-3H3. The van der Waals surface area contributed by atoms with Gasteiger partial charge in [-0.25, -0.2) is 4.39 Å². The van der Waals surface area contributed by atoms with Gasteiger partial charge in [0.15, 0.2) is 0 Å². The van der Waals surface area contributed by atoms with E-state index in [0.29, 0.717) is 5.56 Å². The van der Waals surface area contributed by atoms with Gasteiger partial charge < -0.3 is 5.11 Å². The van der Waals surface area contributed by atoms with Crippen molar-refractivity contribution in [2.75, 3.05) is 0 Å². The van der Waals surface area contributed by atoms with Crippen LogP contribution in [0.1, 0.15) is 26.3 Å². The molecule has 1 atom stereocenters. The molecular formula is C12H16ClFO. The molecule has 0 aliphatic rings. The van der Waals surface area contributed by atoms with Crippen molar-refractivity contribution in [3.8, 4) is 0 Å². The molecule has 0 fully saturated rings. The van der Waals surface area contributed by atoms with Gasteiger partial charge in [0.1, 0.15) is 5.82 Å². The van der Waals surface area contributed by atoms with Gasteiger partial charge >= 0.3 is 0 Å². The summed E-state index contributed by atoms with van der Waals surface area (Å²) in [5, 5.41) is 9.95. The molecule has 0 saturated heterocycles. The van der Waals surface area contributed by atoms with Crippen LogP contribution in [-0.2, 0) is 6.42 Å². The molecule has 15 heavy (non-hydrogen) atoms. The lowest BCUT2D eigenvalue weighted by molar-refractivity contribution is 0.0629.